The average molecular weight is 499 g/mol. The molecule has 2 fully saturated rings. The largest absolute Gasteiger partial charge is 0.374 e. The standard InChI is InChI=1S/C22H19ClN6O2S2/c23-14-5-16-18(33-28-27-16)6-15(14)26-20-19-13-2-1-10(3-17(13)32-21(19)25-9-24-20)22(30)29-7-12-4-11(29)8-31-12/h5-6,9-12H,1-4,7-8H2,(H,24,25,26)/t10-,11-,12-/m0/s1. The van der Waals surface area contributed by atoms with E-state index >= 15 is 0 Å². The Morgan fingerprint density at radius 3 is 3.09 bits per heavy atom. The van der Waals surface area contributed by atoms with E-state index in [-0.39, 0.29) is 24.0 Å². The van der Waals surface area contributed by atoms with Gasteiger partial charge in [0.25, 0.3) is 0 Å². The maximum atomic E-state index is 13.3. The molecule has 3 atom stereocenters. The van der Waals surface area contributed by atoms with Gasteiger partial charge >= 0.3 is 0 Å². The van der Waals surface area contributed by atoms with Gasteiger partial charge in [0, 0.05) is 17.3 Å². The van der Waals surface area contributed by atoms with Gasteiger partial charge in [-0.1, -0.05) is 16.1 Å². The minimum Gasteiger partial charge on any atom is -0.374 e. The molecule has 0 spiro atoms. The second kappa shape index (κ2) is 7.56. The van der Waals surface area contributed by atoms with Crippen LogP contribution in [0.1, 0.15) is 23.3 Å². The number of nitrogens with zero attached hydrogens (tertiary/aromatic N) is 5. The summed E-state index contributed by atoms with van der Waals surface area (Å²) in [6.07, 6.45) is 5.26. The maximum absolute atomic E-state index is 13.3. The summed E-state index contributed by atoms with van der Waals surface area (Å²) in [7, 11) is 0. The molecule has 7 rings (SSSR count). The number of likely N-dealkylation sites (tertiary alicyclic amines) is 1. The second-order valence-electron chi connectivity index (χ2n) is 8.88. The first-order chi connectivity index (χ1) is 16.1. The summed E-state index contributed by atoms with van der Waals surface area (Å²) < 4.78 is 10.6. The first-order valence-corrected chi connectivity index (χ1v) is 13.0. The zero-order valence-corrected chi connectivity index (χ0v) is 19.8. The summed E-state index contributed by atoms with van der Waals surface area (Å²) in [6.45, 7) is 1.44. The predicted molar refractivity (Wildman–Crippen MR) is 128 cm³/mol. The molecule has 2 aliphatic heterocycles. The number of fused-ring (bicyclic) bond motifs is 6. The fraction of sp³-hybridized carbons (Fsp3) is 0.409. The maximum Gasteiger partial charge on any atom is 0.226 e. The lowest BCUT2D eigenvalue weighted by molar-refractivity contribution is -0.140. The van der Waals surface area contributed by atoms with E-state index in [1.54, 1.807) is 17.7 Å². The Bertz CT molecular complexity index is 1420. The molecule has 3 aliphatic rings. The van der Waals surface area contributed by atoms with Gasteiger partial charge in [-0.25, -0.2) is 9.97 Å². The number of aryl methyl sites for hydroxylation is 1. The number of hydrogen-bond acceptors (Lipinski definition) is 9. The first kappa shape index (κ1) is 20.0. The van der Waals surface area contributed by atoms with Gasteiger partial charge in [0.15, 0.2) is 0 Å². The van der Waals surface area contributed by atoms with Crippen molar-refractivity contribution in [1.29, 1.82) is 0 Å². The van der Waals surface area contributed by atoms with Crippen molar-refractivity contribution >= 4 is 72.3 Å². The number of aromatic nitrogens is 4. The number of carbonyl (C=O) groups excluding carboxylic acids is 1. The molecule has 0 saturated carbocycles. The molecule has 2 saturated heterocycles. The van der Waals surface area contributed by atoms with Crippen molar-refractivity contribution in [2.75, 3.05) is 18.5 Å². The van der Waals surface area contributed by atoms with Gasteiger partial charge in [-0.15, -0.1) is 16.4 Å². The van der Waals surface area contributed by atoms with Crippen LogP contribution in [-0.2, 0) is 22.4 Å². The molecule has 8 nitrogen and oxygen atoms in total. The third-order valence-corrected chi connectivity index (χ3v) is 9.13. The molecule has 3 aromatic heterocycles. The van der Waals surface area contributed by atoms with Crippen LogP contribution in [0.15, 0.2) is 18.5 Å². The van der Waals surface area contributed by atoms with Crippen LogP contribution in [-0.4, -0.2) is 55.7 Å². The number of nitrogens with one attached hydrogen (secondary N) is 1. The van der Waals surface area contributed by atoms with Gasteiger partial charge in [0.1, 0.15) is 22.5 Å². The minimum atomic E-state index is 0.0324. The average Bonchev–Trinajstić information content (AvgIpc) is 3.61. The van der Waals surface area contributed by atoms with E-state index in [0.717, 1.165) is 64.2 Å². The third kappa shape index (κ3) is 3.23. The Morgan fingerprint density at radius 2 is 2.24 bits per heavy atom. The van der Waals surface area contributed by atoms with Gasteiger partial charge < -0.3 is 15.0 Å². The number of hydrogen-bond donors (Lipinski definition) is 1. The highest BCUT2D eigenvalue weighted by Crippen LogP contribution is 2.42. The van der Waals surface area contributed by atoms with Crippen LogP contribution < -0.4 is 5.32 Å². The van der Waals surface area contributed by atoms with Gasteiger partial charge in [0.05, 0.1) is 39.5 Å². The lowest BCUT2D eigenvalue weighted by atomic mass is 9.86. The number of morpholine rings is 1. The smallest absolute Gasteiger partial charge is 0.226 e. The van der Waals surface area contributed by atoms with E-state index in [1.807, 2.05) is 12.1 Å². The highest BCUT2D eigenvalue weighted by Gasteiger charge is 2.43. The molecule has 0 unspecified atom stereocenters. The third-order valence-electron chi connectivity index (χ3n) is 6.97. The molecule has 0 radical (unpaired) electrons. The van der Waals surface area contributed by atoms with Crippen molar-refractivity contribution in [3.63, 3.8) is 0 Å². The zero-order chi connectivity index (χ0) is 22.1. The van der Waals surface area contributed by atoms with Crippen LogP contribution in [0.3, 0.4) is 0 Å². The molecule has 4 aromatic rings. The van der Waals surface area contributed by atoms with Gasteiger partial charge in [0.2, 0.25) is 5.91 Å². The molecular formula is C22H19ClN6O2S2. The molecule has 1 N–H and O–H groups in total. The summed E-state index contributed by atoms with van der Waals surface area (Å²) in [6, 6.07) is 4.04. The lowest BCUT2D eigenvalue weighted by Crippen LogP contribution is -2.45. The van der Waals surface area contributed by atoms with Crippen molar-refractivity contribution in [3.05, 3.63) is 33.9 Å². The van der Waals surface area contributed by atoms with Crippen LogP contribution in [0.4, 0.5) is 11.5 Å². The van der Waals surface area contributed by atoms with Crippen molar-refractivity contribution in [3.8, 4) is 0 Å². The Balaban J connectivity index is 1.20. The molecular weight excluding hydrogens is 480 g/mol. The number of carbonyl (C=O) groups is 1. The van der Waals surface area contributed by atoms with Crippen LogP contribution in [0.25, 0.3) is 20.4 Å². The molecule has 168 valence electrons. The Labute approximate surface area is 202 Å². The summed E-state index contributed by atoms with van der Waals surface area (Å²) in [5.74, 6) is 1.07. The van der Waals surface area contributed by atoms with Gasteiger partial charge in [-0.05, 0) is 54.9 Å². The van der Waals surface area contributed by atoms with Crippen LogP contribution >= 0.6 is 34.5 Å². The number of thiophene rings is 1. The normalized spacial score (nSPS) is 24.0. The highest BCUT2D eigenvalue weighted by molar-refractivity contribution is 7.19. The van der Waals surface area contributed by atoms with Crippen molar-refractivity contribution in [1.82, 2.24) is 24.5 Å². The molecule has 1 aromatic carbocycles. The summed E-state index contributed by atoms with van der Waals surface area (Å²) in [4.78, 5) is 26.6. The summed E-state index contributed by atoms with van der Waals surface area (Å²) >= 11 is 9.51. The lowest BCUT2D eigenvalue weighted by Gasteiger charge is -2.32. The number of anilines is 2. The van der Waals surface area contributed by atoms with Gasteiger partial charge in [-0.3, -0.25) is 4.79 Å². The fourth-order valence-electron chi connectivity index (χ4n) is 5.35. The van der Waals surface area contributed by atoms with E-state index in [4.69, 9.17) is 16.3 Å². The highest BCUT2D eigenvalue weighted by atomic mass is 35.5. The van der Waals surface area contributed by atoms with Crippen molar-refractivity contribution in [2.24, 2.45) is 5.92 Å². The van der Waals surface area contributed by atoms with E-state index in [0.29, 0.717) is 11.6 Å². The monoisotopic (exact) mass is 498 g/mol. The summed E-state index contributed by atoms with van der Waals surface area (Å²) in [5, 5.41) is 9.11. The first-order valence-electron chi connectivity index (χ1n) is 11.0. The SMILES string of the molecule is O=C([C@H]1CCc2c(sc3ncnc(Nc4cc5snnc5cc4Cl)c23)C1)N1C[C@@H]2C[C@H]1CO2. The fourth-order valence-corrected chi connectivity index (χ4v) is 7.40. The topological polar surface area (TPSA) is 93.1 Å². The minimum absolute atomic E-state index is 0.0324. The Hall–Kier alpha value is -2.40. The quantitative estimate of drug-likeness (QED) is 0.452. The van der Waals surface area contributed by atoms with E-state index < -0.39 is 0 Å². The molecule has 11 heteroatoms. The predicted octanol–water partition coefficient (Wildman–Crippen LogP) is 4.20. The molecule has 1 amide bonds. The zero-order valence-electron chi connectivity index (χ0n) is 17.5. The van der Waals surface area contributed by atoms with Crippen LogP contribution in [0.2, 0.25) is 5.02 Å². The molecule has 5 heterocycles. The second-order valence-corrected chi connectivity index (χ2v) is 11.2. The van der Waals surface area contributed by atoms with E-state index in [2.05, 4.69) is 29.8 Å². The van der Waals surface area contributed by atoms with Crippen molar-refractivity contribution < 1.29 is 9.53 Å². The number of amides is 1. The van der Waals surface area contributed by atoms with E-state index in [9.17, 15) is 4.79 Å². The number of halogens is 1. The Kier molecular flexibility index (Phi) is 4.58. The number of rotatable bonds is 3. The van der Waals surface area contributed by atoms with Crippen LogP contribution in [0.5, 0.6) is 0 Å². The molecule has 33 heavy (non-hydrogen) atoms. The number of ether oxygens (including phenoxy) is 1. The molecule has 1 aliphatic carbocycles. The van der Waals surface area contributed by atoms with E-state index in [1.165, 1.54) is 22.0 Å². The van der Waals surface area contributed by atoms with Crippen LogP contribution in [0, 0.1) is 5.92 Å². The number of benzene rings is 1. The summed E-state index contributed by atoms with van der Waals surface area (Å²) in [5.41, 5.74) is 2.81. The van der Waals surface area contributed by atoms with Gasteiger partial charge in [-0.2, -0.15) is 0 Å². The molecule has 2 bridgehead atoms. The Morgan fingerprint density at radius 1 is 1.30 bits per heavy atom. The van der Waals surface area contributed by atoms with Crippen molar-refractivity contribution in [2.45, 2.75) is 37.8 Å².